The minimum Gasteiger partial charge on any atom is -0.479 e. The van der Waals surface area contributed by atoms with E-state index < -0.39 is 17.5 Å². The first-order valence-electron chi connectivity index (χ1n) is 5.56. The van der Waals surface area contributed by atoms with E-state index in [9.17, 15) is 14.7 Å². The molecule has 19 heavy (non-hydrogen) atoms. The highest BCUT2D eigenvalue weighted by Crippen LogP contribution is 2.25. The standard InChI is InChI=1S/C12H12ClN3O3/c1-12(10(17)18)6-7-14-16(12)11(19)15-9-4-2-8(13)3-5-9/h2-5,7H,6H2,1H3,(H,15,19)(H,17,18)/t12-/m1/s1. The summed E-state index contributed by atoms with van der Waals surface area (Å²) in [6.45, 7) is 1.45. The first kappa shape index (κ1) is 13.4. The molecule has 0 spiro atoms. The molecule has 0 saturated heterocycles. The van der Waals surface area contributed by atoms with Gasteiger partial charge >= 0.3 is 12.0 Å². The van der Waals surface area contributed by atoms with E-state index in [0.29, 0.717) is 10.7 Å². The molecule has 0 radical (unpaired) electrons. The SMILES string of the molecule is C[C@]1(C(=O)O)CC=NN1C(=O)Nc1ccc(Cl)cc1. The molecule has 0 bridgehead atoms. The number of halogens is 1. The van der Waals surface area contributed by atoms with Crippen molar-refractivity contribution in [2.45, 2.75) is 18.9 Å². The largest absolute Gasteiger partial charge is 0.479 e. The average molecular weight is 282 g/mol. The molecule has 7 heteroatoms. The topological polar surface area (TPSA) is 82.0 Å². The van der Waals surface area contributed by atoms with Crippen LogP contribution < -0.4 is 5.32 Å². The second-order valence-electron chi connectivity index (χ2n) is 4.33. The van der Waals surface area contributed by atoms with E-state index in [0.717, 1.165) is 5.01 Å². The normalized spacial score (nSPS) is 21.5. The van der Waals surface area contributed by atoms with Crippen LogP contribution in [-0.4, -0.2) is 33.9 Å². The highest BCUT2D eigenvalue weighted by atomic mass is 35.5. The van der Waals surface area contributed by atoms with Crippen molar-refractivity contribution in [1.29, 1.82) is 0 Å². The maximum absolute atomic E-state index is 12.0. The number of urea groups is 1. The summed E-state index contributed by atoms with van der Waals surface area (Å²) in [5.41, 5.74) is -0.833. The zero-order chi connectivity index (χ0) is 14.0. The van der Waals surface area contributed by atoms with E-state index in [4.69, 9.17) is 11.6 Å². The number of carboxylic acids is 1. The summed E-state index contributed by atoms with van der Waals surface area (Å²) in [5.74, 6) is -1.10. The number of amides is 2. The molecule has 6 nitrogen and oxygen atoms in total. The van der Waals surface area contributed by atoms with Crippen molar-refractivity contribution in [3.8, 4) is 0 Å². The third-order valence-electron chi connectivity index (χ3n) is 2.90. The average Bonchev–Trinajstić information content (AvgIpc) is 2.76. The minimum atomic E-state index is -1.35. The van der Waals surface area contributed by atoms with E-state index in [1.54, 1.807) is 24.3 Å². The van der Waals surface area contributed by atoms with Crippen LogP contribution in [0.15, 0.2) is 29.4 Å². The van der Waals surface area contributed by atoms with E-state index in [1.165, 1.54) is 13.1 Å². The van der Waals surface area contributed by atoms with Crippen molar-refractivity contribution in [2.24, 2.45) is 5.10 Å². The Morgan fingerprint density at radius 1 is 1.42 bits per heavy atom. The number of carbonyl (C=O) groups excluding carboxylic acids is 1. The molecule has 100 valence electrons. The van der Waals surface area contributed by atoms with Gasteiger partial charge in [0.05, 0.1) is 0 Å². The Balaban J connectivity index is 2.14. The fourth-order valence-electron chi connectivity index (χ4n) is 1.68. The van der Waals surface area contributed by atoms with Gasteiger partial charge in [0.2, 0.25) is 0 Å². The van der Waals surface area contributed by atoms with Crippen LogP contribution >= 0.6 is 11.6 Å². The van der Waals surface area contributed by atoms with E-state index in [1.807, 2.05) is 0 Å². The van der Waals surface area contributed by atoms with Gasteiger partial charge in [-0.25, -0.2) is 9.59 Å². The van der Waals surface area contributed by atoms with Gasteiger partial charge in [0.1, 0.15) is 0 Å². The summed E-state index contributed by atoms with van der Waals surface area (Å²) in [6, 6.07) is 5.90. The lowest BCUT2D eigenvalue weighted by atomic mass is 10.00. The molecule has 2 amide bonds. The number of hydrogen-bond donors (Lipinski definition) is 2. The summed E-state index contributed by atoms with van der Waals surface area (Å²) in [7, 11) is 0. The second-order valence-corrected chi connectivity index (χ2v) is 4.77. The number of rotatable bonds is 2. The Kier molecular flexibility index (Phi) is 3.44. The minimum absolute atomic E-state index is 0.177. The van der Waals surface area contributed by atoms with Gasteiger partial charge in [0, 0.05) is 23.3 Å². The lowest BCUT2D eigenvalue weighted by molar-refractivity contribution is -0.147. The molecule has 1 heterocycles. The van der Waals surface area contributed by atoms with Crippen molar-refractivity contribution < 1.29 is 14.7 Å². The third kappa shape index (κ3) is 2.53. The van der Waals surface area contributed by atoms with E-state index in [-0.39, 0.29) is 6.42 Å². The fraction of sp³-hybridized carbons (Fsp3) is 0.250. The molecular formula is C12H12ClN3O3. The molecule has 1 aliphatic heterocycles. The molecule has 0 aliphatic carbocycles. The third-order valence-corrected chi connectivity index (χ3v) is 3.15. The van der Waals surface area contributed by atoms with Crippen molar-refractivity contribution in [3.63, 3.8) is 0 Å². The van der Waals surface area contributed by atoms with Crippen LogP contribution in [0, 0.1) is 0 Å². The number of benzene rings is 1. The van der Waals surface area contributed by atoms with Gasteiger partial charge in [-0.05, 0) is 31.2 Å². The predicted molar refractivity (Wildman–Crippen MR) is 71.5 cm³/mol. The molecule has 1 atom stereocenters. The number of aliphatic carboxylic acids is 1. The zero-order valence-electron chi connectivity index (χ0n) is 10.1. The molecule has 0 unspecified atom stereocenters. The lowest BCUT2D eigenvalue weighted by Gasteiger charge is -2.28. The Morgan fingerprint density at radius 2 is 2.05 bits per heavy atom. The molecule has 0 saturated carbocycles. The van der Waals surface area contributed by atoms with Gasteiger partial charge in [-0.1, -0.05) is 11.6 Å². The fourth-order valence-corrected chi connectivity index (χ4v) is 1.80. The Labute approximate surface area is 114 Å². The first-order chi connectivity index (χ1) is 8.93. The maximum atomic E-state index is 12.0. The van der Waals surface area contributed by atoms with E-state index in [2.05, 4.69) is 10.4 Å². The van der Waals surface area contributed by atoms with Crippen molar-refractivity contribution >= 4 is 35.5 Å². The Morgan fingerprint density at radius 3 is 2.63 bits per heavy atom. The predicted octanol–water partition coefficient (Wildman–Crippen LogP) is 2.41. The lowest BCUT2D eigenvalue weighted by Crippen LogP contribution is -2.51. The highest BCUT2D eigenvalue weighted by molar-refractivity contribution is 6.30. The van der Waals surface area contributed by atoms with Crippen LogP contribution in [0.3, 0.4) is 0 Å². The molecule has 0 fully saturated rings. The summed E-state index contributed by atoms with van der Waals surface area (Å²) >= 11 is 5.74. The van der Waals surface area contributed by atoms with Crippen molar-refractivity contribution in [3.05, 3.63) is 29.3 Å². The summed E-state index contributed by atoms with van der Waals surface area (Å²) in [4.78, 5) is 23.2. The number of carbonyl (C=O) groups is 2. The van der Waals surface area contributed by atoms with Crippen LogP contribution in [0.5, 0.6) is 0 Å². The number of anilines is 1. The van der Waals surface area contributed by atoms with Crippen LogP contribution in [0.2, 0.25) is 5.02 Å². The Hall–Kier alpha value is -2.08. The quantitative estimate of drug-likeness (QED) is 0.873. The monoisotopic (exact) mass is 281 g/mol. The Bertz CT molecular complexity index is 544. The molecule has 1 aromatic rings. The summed E-state index contributed by atoms with van der Waals surface area (Å²) < 4.78 is 0. The van der Waals surface area contributed by atoms with Gasteiger partial charge in [-0.15, -0.1) is 0 Å². The van der Waals surface area contributed by atoms with Crippen molar-refractivity contribution in [2.75, 3.05) is 5.32 Å². The summed E-state index contributed by atoms with van der Waals surface area (Å²) in [6.07, 6.45) is 1.59. The van der Waals surface area contributed by atoms with Crippen LogP contribution in [0.25, 0.3) is 0 Å². The maximum Gasteiger partial charge on any atom is 0.343 e. The zero-order valence-corrected chi connectivity index (χ0v) is 10.9. The van der Waals surface area contributed by atoms with E-state index >= 15 is 0 Å². The van der Waals surface area contributed by atoms with Gasteiger partial charge in [-0.3, -0.25) is 0 Å². The van der Waals surface area contributed by atoms with Gasteiger partial charge < -0.3 is 10.4 Å². The van der Waals surface area contributed by atoms with Crippen LogP contribution in [-0.2, 0) is 4.79 Å². The molecule has 1 aliphatic rings. The molecule has 0 aromatic heterocycles. The van der Waals surface area contributed by atoms with Gasteiger partial charge in [0.25, 0.3) is 0 Å². The molecular weight excluding hydrogens is 270 g/mol. The number of hydrazone groups is 1. The number of hydrogen-bond acceptors (Lipinski definition) is 3. The number of nitrogens with one attached hydrogen (secondary N) is 1. The van der Waals surface area contributed by atoms with Gasteiger partial charge in [-0.2, -0.15) is 10.1 Å². The number of nitrogens with zero attached hydrogens (tertiary/aromatic N) is 2. The van der Waals surface area contributed by atoms with Gasteiger partial charge in [0.15, 0.2) is 5.54 Å². The molecule has 2 rings (SSSR count). The van der Waals surface area contributed by atoms with Crippen molar-refractivity contribution in [1.82, 2.24) is 5.01 Å². The van der Waals surface area contributed by atoms with Crippen LogP contribution in [0.1, 0.15) is 13.3 Å². The molecule has 2 N–H and O–H groups in total. The smallest absolute Gasteiger partial charge is 0.343 e. The second kappa shape index (κ2) is 4.89. The molecule has 1 aromatic carbocycles. The highest BCUT2D eigenvalue weighted by Gasteiger charge is 2.45. The number of carboxylic acid groups (broad SMARTS) is 1. The summed E-state index contributed by atoms with van der Waals surface area (Å²) in [5, 5.41) is 17.0. The van der Waals surface area contributed by atoms with Crippen LogP contribution in [0.4, 0.5) is 10.5 Å². The first-order valence-corrected chi connectivity index (χ1v) is 5.94.